The predicted molar refractivity (Wildman–Crippen MR) is 109 cm³/mol. The number of hydrogen-bond acceptors (Lipinski definition) is 6. The average Bonchev–Trinajstić information content (AvgIpc) is 3.03. The van der Waals surface area contributed by atoms with E-state index in [-0.39, 0.29) is 18.3 Å². The Hall–Kier alpha value is -3.62. The molecule has 0 spiro atoms. The number of nitrogens with zero attached hydrogens (tertiary/aromatic N) is 4. The molecule has 0 saturated carbocycles. The topological polar surface area (TPSA) is 95.5 Å². The molecule has 156 valence electrons. The first-order valence-corrected chi connectivity index (χ1v) is 9.37. The molecule has 1 aliphatic rings. The molecular weight excluding hydrogens is 389 g/mol. The first-order valence-electron chi connectivity index (χ1n) is 9.37. The third kappa shape index (κ3) is 3.22. The number of pyridine rings is 1. The molecule has 0 saturated heterocycles. The lowest BCUT2D eigenvalue weighted by Gasteiger charge is -2.23. The van der Waals surface area contributed by atoms with Gasteiger partial charge in [-0.2, -0.15) is 5.10 Å². The molecule has 3 heterocycles. The zero-order chi connectivity index (χ0) is 21.6. The summed E-state index contributed by atoms with van der Waals surface area (Å²) in [4.78, 5) is 19.0. The van der Waals surface area contributed by atoms with E-state index in [1.54, 1.807) is 45.1 Å². The van der Waals surface area contributed by atoms with Crippen LogP contribution in [0.2, 0.25) is 0 Å². The summed E-state index contributed by atoms with van der Waals surface area (Å²) in [5.74, 6) is 0.313. The maximum atomic E-state index is 14.0. The maximum absolute atomic E-state index is 14.0. The van der Waals surface area contributed by atoms with Crippen LogP contribution in [-0.4, -0.2) is 39.7 Å². The summed E-state index contributed by atoms with van der Waals surface area (Å²) in [6.45, 7) is 1.96. The van der Waals surface area contributed by atoms with Gasteiger partial charge in [-0.15, -0.1) is 0 Å². The number of nitrogen functional groups attached to an aromatic ring is 1. The number of aryl methyl sites for hydroxylation is 1. The van der Waals surface area contributed by atoms with Gasteiger partial charge in [0, 0.05) is 37.0 Å². The number of halogens is 1. The van der Waals surface area contributed by atoms with E-state index in [1.165, 1.54) is 23.1 Å². The van der Waals surface area contributed by atoms with E-state index >= 15 is 0 Å². The summed E-state index contributed by atoms with van der Waals surface area (Å²) in [5, 5.41) is 4.53. The maximum Gasteiger partial charge on any atom is 0.254 e. The number of anilines is 1. The van der Waals surface area contributed by atoms with Crippen LogP contribution in [0.15, 0.2) is 30.5 Å². The number of amides is 1. The lowest BCUT2D eigenvalue weighted by molar-refractivity contribution is 0.0778. The van der Waals surface area contributed by atoms with Crippen molar-refractivity contribution in [2.75, 3.05) is 19.9 Å². The number of fused-ring (bicyclic) bond motifs is 5. The van der Waals surface area contributed by atoms with Crippen molar-refractivity contribution in [1.82, 2.24) is 19.7 Å². The minimum atomic E-state index is -0.637. The van der Waals surface area contributed by atoms with Crippen molar-refractivity contribution >= 4 is 11.7 Å². The van der Waals surface area contributed by atoms with E-state index < -0.39 is 11.9 Å². The van der Waals surface area contributed by atoms with Crippen molar-refractivity contribution in [1.29, 1.82) is 0 Å². The van der Waals surface area contributed by atoms with Gasteiger partial charge >= 0.3 is 0 Å². The Morgan fingerprint density at radius 2 is 2.07 bits per heavy atom. The predicted octanol–water partition coefficient (Wildman–Crippen LogP) is 2.94. The van der Waals surface area contributed by atoms with Crippen molar-refractivity contribution in [3.63, 3.8) is 0 Å². The number of hydrogen-bond donors (Lipinski definition) is 1. The van der Waals surface area contributed by atoms with Crippen molar-refractivity contribution in [2.45, 2.75) is 19.6 Å². The van der Waals surface area contributed by atoms with Crippen LogP contribution < -0.4 is 15.2 Å². The molecule has 2 aromatic heterocycles. The van der Waals surface area contributed by atoms with Gasteiger partial charge in [0.1, 0.15) is 11.9 Å². The summed E-state index contributed by atoms with van der Waals surface area (Å²) in [6.07, 6.45) is 0.971. The number of ether oxygens (including phenoxy) is 2. The fourth-order valence-corrected chi connectivity index (χ4v) is 3.70. The minimum Gasteiger partial charge on any atom is -0.482 e. The highest BCUT2D eigenvalue weighted by Crippen LogP contribution is 2.38. The van der Waals surface area contributed by atoms with E-state index in [1.807, 2.05) is 0 Å². The van der Waals surface area contributed by atoms with Crippen LogP contribution in [-0.2, 0) is 13.6 Å². The van der Waals surface area contributed by atoms with Gasteiger partial charge in [-0.25, -0.2) is 14.1 Å². The number of carbonyl (C=O) groups excluding carboxylic acids is 1. The first kappa shape index (κ1) is 19.7. The second kappa shape index (κ2) is 7.33. The van der Waals surface area contributed by atoms with Crippen molar-refractivity contribution < 1.29 is 18.7 Å². The van der Waals surface area contributed by atoms with Crippen LogP contribution in [0.4, 0.5) is 10.2 Å². The molecule has 0 fully saturated rings. The number of rotatable bonds is 1. The standard InChI is InChI=1S/C21H22FN5O3/c1-11-15-8-13(22)5-6-14(15)20(28)26(2)10-16-18(21(29-4)27(3)25-16)12-7-17(30-11)19(23)24-9-12/h5-9,11H,10H2,1-4H3,(H2,23,24). The summed E-state index contributed by atoms with van der Waals surface area (Å²) in [5.41, 5.74) is 8.82. The molecule has 1 unspecified atom stereocenters. The fraction of sp³-hybridized carbons (Fsp3) is 0.286. The van der Waals surface area contributed by atoms with Crippen LogP contribution in [0.3, 0.4) is 0 Å². The molecule has 30 heavy (non-hydrogen) atoms. The third-order valence-corrected chi connectivity index (χ3v) is 5.15. The summed E-state index contributed by atoms with van der Waals surface area (Å²) in [6, 6.07) is 5.78. The van der Waals surface area contributed by atoms with Gasteiger partial charge in [-0.05, 0) is 31.2 Å². The monoisotopic (exact) mass is 411 g/mol. The molecule has 8 nitrogen and oxygen atoms in total. The summed E-state index contributed by atoms with van der Waals surface area (Å²) >= 11 is 0. The molecule has 0 aliphatic carbocycles. The Labute approximate surface area is 173 Å². The Morgan fingerprint density at radius 1 is 1.30 bits per heavy atom. The fourth-order valence-electron chi connectivity index (χ4n) is 3.70. The molecule has 2 bridgehead atoms. The molecule has 2 N–H and O–H groups in total. The SMILES string of the molecule is COc1c2c(nn1C)CN(C)C(=O)c1ccc(F)cc1C(C)Oc1cc-2cnc1N. The molecular formula is C21H22FN5O3. The second-order valence-corrected chi connectivity index (χ2v) is 7.21. The van der Waals surface area contributed by atoms with Gasteiger partial charge in [0.15, 0.2) is 11.6 Å². The van der Waals surface area contributed by atoms with Gasteiger partial charge in [-0.3, -0.25) is 4.79 Å². The molecule has 4 rings (SSSR count). The average molecular weight is 411 g/mol. The van der Waals surface area contributed by atoms with Gasteiger partial charge in [0.25, 0.3) is 5.91 Å². The Balaban J connectivity index is 1.97. The van der Waals surface area contributed by atoms with E-state index in [4.69, 9.17) is 15.2 Å². The largest absolute Gasteiger partial charge is 0.482 e. The lowest BCUT2D eigenvalue weighted by Crippen LogP contribution is -2.28. The normalized spacial score (nSPS) is 16.1. The lowest BCUT2D eigenvalue weighted by atomic mass is 10.0. The quantitative estimate of drug-likeness (QED) is 0.662. The number of carbonyl (C=O) groups is 1. The van der Waals surface area contributed by atoms with Gasteiger partial charge in [0.2, 0.25) is 5.88 Å². The highest BCUT2D eigenvalue weighted by Gasteiger charge is 2.27. The van der Waals surface area contributed by atoms with Crippen molar-refractivity contribution in [3.05, 3.63) is 53.1 Å². The number of nitrogens with two attached hydrogens (primary N) is 1. The van der Waals surface area contributed by atoms with Gasteiger partial charge in [-0.1, -0.05) is 0 Å². The minimum absolute atomic E-state index is 0.188. The van der Waals surface area contributed by atoms with Crippen molar-refractivity contribution in [2.24, 2.45) is 7.05 Å². The highest BCUT2D eigenvalue weighted by molar-refractivity contribution is 5.95. The second-order valence-electron chi connectivity index (χ2n) is 7.21. The molecule has 1 amide bonds. The van der Waals surface area contributed by atoms with E-state index in [2.05, 4.69) is 10.1 Å². The number of benzene rings is 1. The Bertz CT molecular complexity index is 1140. The van der Waals surface area contributed by atoms with Crippen LogP contribution in [0.1, 0.15) is 34.6 Å². The zero-order valence-electron chi connectivity index (χ0n) is 17.1. The molecule has 1 aliphatic heterocycles. The number of aromatic nitrogens is 3. The van der Waals surface area contributed by atoms with Crippen LogP contribution in [0, 0.1) is 5.82 Å². The van der Waals surface area contributed by atoms with Crippen LogP contribution >= 0.6 is 0 Å². The summed E-state index contributed by atoms with van der Waals surface area (Å²) < 4.78 is 27.2. The van der Waals surface area contributed by atoms with Crippen LogP contribution in [0.5, 0.6) is 11.6 Å². The molecule has 1 atom stereocenters. The van der Waals surface area contributed by atoms with Crippen LogP contribution in [0.25, 0.3) is 11.1 Å². The zero-order valence-corrected chi connectivity index (χ0v) is 17.1. The van der Waals surface area contributed by atoms with E-state index in [0.717, 1.165) is 0 Å². The highest BCUT2D eigenvalue weighted by atomic mass is 19.1. The first-order chi connectivity index (χ1) is 14.3. The van der Waals surface area contributed by atoms with Gasteiger partial charge in [0.05, 0.1) is 24.9 Å². The Kier molecular flexibility index (Phi) is 4.81. The summed E-state index contributed by atoms with van der Waals surface area (Å²) in [7, 11) is 4.98. The molecule has 1 aromatic carbocycles. The van der Waals surface area contributed by atoms with Crippen molar-refractivity contribution in [3.8, 4) is 22.8 Å². The molecule has 0 radical (unpaired) electrons. The van der Waals surface area contributed by atoms with Gasteiger partial charge < -0.3 is 20.1 Å². The smallest absolute Gasteiger partial charge is 0.254 e. The van der Waals surface area contributed by atoms with E-state index in [0.29, 0.717) is 39.6 Å². The van der Waals surface area contributed by atoms with E-state index in [9.17, 15) is 9.18 Å². The number of methoxy groups -OCH3 is 1. The third-order valence-electron chi connectivity index (χ3n) is 5.15. The molecule has 9 heteroatoms. The Morgan fingerprint density at radius 3 is 2.80 bits per heavy atom. The molecule has 3 aromatic rings.